The summed E-state index contributed by atoms with van der Waals surface area (Å²) in [6, 6.07) is 0. The van der Waals surface area contributed by atoms with Gasteiger partial charge in [0.1, 0.15) is 0 Å². The van der Waals surface area contributed by atoms with Crippen LogP contribution in [0.2, 0.25) is 0 Å². The minimum Gasteiger partial charge on any atom is -0.295 e. The van der Waals surface area contributed by atoms with Crippen LogP contribution in [-0.2, 0) is 4.79 Å². The van der Waals surface area contributed by atoms with Crippen molar-refractivity contribution < 1.29 is 4.79 Å². The minimum atomic E-state index is 0.326. The molecule has 2 fully saturated rings. The molecule has 0 N–H and O–H groups in total. The monoisotopic (exact) mass is 246 g/mol. The van der Waals surface area contributed by atoms with Crippen LogP contribution in [0.25, 0.3) is 0 Å². The molecule has 0 aromatic carbocycles. The molecule has 0 aromatic heterocycles. The third-order valence-electron chi connectivity index (χ3n) is 6.87. The highest BCUT2D eigenvalue weighted by Crippen LogP contribution is 2.72. The Balaban J connectivity index is 2.15. The van der Waals surface area contributed by atoms with Crippen molar-refractivity contribution in [2.75, 3.05) is 0 Å². The Hall–Kier alpha value is -0.590. The van der Waals surface area contributed by atoms with E-state index in [0.29, 0.717) is 22.5 Å². The van der Waals surface area contributed by atoms with Crippen molar-refractivity contribution in [2.45, 2.75) is 60.3 Å². The fourth-order valence-corrected chi connectivity index (χ4v) is 5.84. The summed E-state index contributed by atoms with van der Waals surface area (Å²) in [5, 5.41) is 0. The van der Waals surface area contributed by atoms with Crippen molar-refractivity contribution in [3.63, 3.8) is 0 Å². The zero-order chi connectivity index (χ0) is 13.3. The second-order valence-corrected chi connectivity index (χ2v) is 7.74. The van der Waals surface area contributed by atoms with Gasteiger partial charge < -0.3 is 0 Å². The maximum Gasteiger partial charge on any atom is 0.155 e. The van der Waals surface area contributed by atoms with E-state index in [1.165, 1.54) is 30.4 Å². The summed E-state index contributed by atoms with van der Waals surface area (Å²) in [6.45, 7) is 11.3. The van der Waals surface area contributed by atoms with Gasteiger partial charge in [0.15, 0.2) is 5.78 Å². The van der Waals surface area contributed by atoms with E-state index in [2.05, 4.69) is 27.7 Å². The largest absolute Gasteiger partial charge is 0.295 e. The third kappa shape index (κ3) is 1.26. The van der Waals surface area contributed by atoms with Gasteiger partial charge in [-0.25, -0.2) is 0 Å². The van der Waals surface area contributed by atoms with Gasteiger partial charge in [-0.1, -0.05) is 26.3 Å². The van der Waals surface area contributed by atoms with Gasteiger partial charge in [0.2, 0.25) is 0 Å². The van der Waals surface area contributed by atoms with Crippen LogP contribution >= 0.6 is 0 Å². The predicted molar refractivity (Wildman–Crippen MR) is 74.2 cm³/mol. The molecule has 3 rings (SSSR count). The number of allylic oxidation sites excluding steroid dienone is 2. The highest BCUT2D eigenvalue weighted by Gasteiger charge is 2.64. The molecule has 0 heterocycles. The summed E-state index contributed by atoms with van der Waals surface area (Å²) in [5.41, 5.74) is 3.44. The van der Waals surface area contributed by atoms with Crippen molar-refractivity contribution in [2.24, 2.45) is 28.6 Å². The smallest absolute Gasteiger partial charge is 0.155 e. The molecule has 2 saturated carbocycles. The average Bonchev–Trinajstić information content (AvgIpc) is 2.68. The normalized spacial score (nSPS) is 45.3. The minimum absolute atomic E-state index is 0.326. The number of hydrogen-bond acceptors (Lipinski definition) is 1. The predicted octanol–water partition coefficient (Wildman–Crippen LogP) is 4.37. The lowest BCUT2D eigenvalue weighted by Gasteiger charge is -2.38. The molecule has 18 heavy (non-hydrogen) atoms. The lowest BCUT2D eigenvalue weighted by Crippen LogP contribution is -2.32. The summed E-state index contributed by atoms with van der Waals surface area (Å²) in [6.07, 6.45) is 5.16. The SMILES string of the molecule is CC(=O)C1=C(C)C2C[C@@]3(C1)C(C)CCC3C2(C)C. The first kappa shape index (κ1) is 12.4. The van der Waals surface area contributed by atoms with Gasteiger partial charge in [-0.05, 0) is 73.7 Å². The average molecular weight is 246 g/mol. The van der Waals surface area contributed by atoms with Crippen LogP contribution in [-0.4, -0.2) is 5.78 Å². The molecule has 0 amide bonds. The van der Waals surface area contributed by atoms with Gasteiger partial charge in [0.25, 0.3) is 0 Å². The second-order valence-electron chi connectivity index (χ2n) is 7.74. The summed E-state index contributed by atoms with van der Waals surface area (Å²) < 4.78 is 0. The van der Waals surface area contributed by atoms with Crippen molar-refractivity contribution in [1.29, 1.82) is 0 Å². The molecule has 2 bridgehead atoms. The fourth-order valence-electron chi connectivity index (χ4n) is 5.84. The standard InChI is InChI=1S/C17H26O/c1-10-6-7-15-16(4,5)14-9-17(10,15)8-13(11(14)2)12(3)18/h10,14-15H,6-9H2,1-5H3/t10?,14?,15?,17-/m0/s1. The van der Waals surface area contributed by atoms with Gasteiger partial charge >= 0.3 is 0 Å². The Bertz CT molecular complexity index is 443. The Labute approximate surface area is 111 Å². The van der Waals surface area contributed by atoms with Crippen molar-refractivity contribution in [3.8, 4) is 0 Å². The second kappa shape index (κ2) is 3.49. The maximum absolute atomic E-state index is 12.0. The first-order chi connectivity index (χ1) is 8.30. The number of ketones is 1. The van der Waals surface area contributed by atoms with E-state index < -0.39 is 0 Å². The summed E-state index contributed by atoms with van der Waals surface area (Å²) in [4.78, 5) is 12.0. The van der Waals surface area contributed by atoms with Gasteiger partial charge in [0, 0.05) is 0 Å². The summed E-state index contributed by atoms with van der Waals surface area (Å²) in [7, 11) is 0. The first-order valence-corrected chi connectivity index (χ1v) is 7.51. The Morgan fingerprint density at radius 2 is 1.94 bits per heavy atom. The molecule has 1 spiro atoms. The number of fused-ring (bicyclic) bond motifs is 1. The molecule has 3 unspecified atom stereocenters. The zero-order valence-corrected chi connectivity index (χ0v) is 12.5. The maximum atomic E-state index is 12.0. The topological polar surface area (TPSA) is 17.1 Å². The Morgan fingerprint density at radius 3 is 2.56 bits per heavy atom. The van der Waals surface area contributed by atoms with E-state index in [1.807, 2.05) is 0 Å². The van der Waals surface area contributed by atoms with Crippen LogP contribution in [0, 0.1) is 28.6 Å². The molecule has 1 nitrogen and oxygen atoms in total. The van der Waals surface area contributed by atoms with Crippen LogP contribution < -0.4 is 0 Å². The first-order valence-electron chi connectivity index (χ1n) is 7.51. The molecule has 0 aromatic rings. The lowest BCUT2D eigenvalue weighted by molar-refractivity contribution is -0.114. The highest BCUT2D eigenvalue weighted by atomic mass is 16.1. The van der Waals surface area contributed by atoms with E-state index >= 15 is 0 Å². The summed E-state index contributed by atoms with van der Waals surface area (Å²) >= 11 is 0. The molecule has 3 aliphatic rings. The molecular weight excluding hydrogens is 220 g/mol. The quantitative estimate of drug-likeness (QED) is 0.671. The van der Waals surface area contributed by atoms with E-state index in [9.17, 15) is 4.79 Å². The van der Waals surface area contributed by atoms with E-state index in [4.69, 9.17) is 0 Å². The van der Waals surface area contributed by atoms with E-state index in [1.54, 1.807) is 6.92 Å². The molecular formula is C17H26O. The van der Waals surface area contributed by atoms with Crippen molar-refractivity contribution in [3.05, 3.63) is 11.1 Å². The number of carbonyl (C=O) groups is 1. The molecule has 0 radical (unpaired) electrons. The van der Waals surface area contributed by atoms with Crippen LogP contribution in [0.5, 0.6) is 0 Å². The van der Waals surface area contributed by atoms with Crippen LogP contribution in [0.1, 0.15) is 60.3 Å². The van der Waals surface area contributed by atoms with Gasteiger partial charge in [-0.3, -0.25) is 4.79 Å². The van der Waals surface area contributed by atoms with Gasteiger partial charge in [-0.2, -0.15) is 0 Å². The van der Waals surface area contributed by atoms with E-state index in [0.717, 1.165) is 18.3 Å². The fraction of sp³-hybridized carbons (Fsp3) is 0.824. The molecule has 3 aliphatic carbocycles. The van der Waals surface area contributed by atoms with Crippen LogP contribution in [0.4, 0.5) is 0 Å². The Kier molecular flexibility index (Phi) is 2.41. The van der Waals surface area contributed by atoms with Gasteiger partial charge in [0.05, 0.1) is 0 Å². The number of rotatable bonds is 1. The zero-order valence-electron chi connectivity index (χ0n) is 12.5. The van der Waals surface area contributed by atoms with Gasteiger partial charge in [-0.15, -0.1) is 0 Å². The number of hydrogen-bond donors (Lipinski definition) is 0. The molecule has 4 atom stereocenters. The van der Waals surface area contributed by atoms with E-state index in [-0.39, 0.29) is 0 Å². The highest BCUT2D eigenvalue weighted by molar-refractivity contribution is 5.94. The van der Waals surface area contributed by atoms with Crippen molar-refractivity contribution >= 4 is 5.78 Å². The molecule has 1 heteroatoms. The van der Waals surface area contributed by atoms with Crippen LogP contribution in [0.15, 0.2) is 11.1 Å². The lowest BCUT2D eigenvalue weighted by atomic mass is 9.65. The summed E-state index contributed by atoms with van der Waals surface area (Å²) in [5.74, 6) is 2.61. The van der Waals surface area contributed by atoms with Crippen molar-refractivity contribution in [1.82, 2.24) is 0 Å². The number of Topliss-reactive ketones (excluding diaryl/α,β-unsaturated/α-hetero) is 1. The Morgan fingerprint density at radius 1 is 1.28 bits per heavy atom. The number of carbonyl (C=O) groups excluding carboxylic acids is 1. The molecule has 0 saturated heterocycles. The third-order valence-corrected chi connectivity index (χ3v) is 6.87. The molecule has 0 aliphatic heterocycles. The molecule has 100 valence electrons. The van der Waals surface area contributed by atoms with Crippen LogP contribution in [0.3, 0.4) is 0 Å².